The van der Waals surface area contributed by atoms with Crippen LogP contribution in [0.5, 0.6) is 0 Å². The van der Waals surface area contributed by atoms with Crippen molar-refractivity contribution in [2.75, 3.05) is 18.5 Å². The summed E-state index contributed by atoms with van der Waals surface area (Å²) in [4.78, 5) is 5.84. The van der Waals surface area contributed by atoms with Gasteiger partial charge in [0.2, 0.25) is 5.03 Å². The van der Waals surface area contributed by atoms with Gasteiger partial charge in [0.15, 0.2) is 0 Å². The first-order chi connectivity index (χ1) is 10.3. The van der Waals surface area contributed by atoms with E-state index in [-0.39, 0.29) is 22.8 Å². The van der Waals surface area contributed by atoms with Crippen molar-refractivity contribution in [3.05, 3.63) is 41.8 Å². The van der Waals surface area contributed by atoms with Gasteiger partial charge in [0.1, 0.15) is 5.15 Å². The van der Waals surface area contributed by atoms with Gasteiger partial charge >= 0.3 is 0 Å². The summed E-state index contributed by atoms with van der Waals surface area (Å²) in [6.07, 6.45) is 1.37. The molecular weight excluding hydrogens is 324 g/mol. The number of para-hydroxylation sites is 1. The fourth-order valence-corrected chi connectivity index (χ4v) is 3.47. The molecule has 0 radical (unpaired) electrons. The van der Waals surface area contributed by atoms with Crippen molar-refractivity contribution in [3.8, 4) is 0 Å². The molecule has 120 valence electrons. The predicted molar refractivity (Wildman–Crippen MR) is 87.7 cm³/mol. The molecule has 0 saturated carbocycles. The van der Waals surface area contributed by atoms with E-state index in [1.54, 1.807) is 7.05 Å². The summed E-state index contributed by atoms with van der Waals surface area (Å²) < 4.78 is 28.5. The Bertz CT molecular complexity index is 731. The summed E-state index contributed by atoms with van der Waals surface area (Å²) >= 11 is 5.94. The van der Waals surface area contributed by atoms with Crippen molar-refractivity contribution in [2.24, 2.45) is 7.05 Å². The van der Waals surface area contributed by atoms with Gasteiger partial charge in [0.25, 0.3) is 10.0 Å². The zero-order valence-corrected chi connectivity index (χ0v) is 14.3. The molecule has 8 heteroatoms. The van der Waals surface area contributed by atoms with Crippen LogP contribution in [-0.4, -0.2) is 37.6 Å². The van der Waals surface area contributed by atoms with Gasteiger partial charge in [-0.3, -0.25) is 0 Å². The van der Waals surface area contributed by atoms with Gasteiger partial charge in [-0.2, -0.15) is 0 Å². The van der Waals surface area contributed by atoms with Crippen LogP contribution in [0.1, 0.15) is 6.92 Å². The van der Waals surface area contributed by atoms with E-state index in [1.165, 1.54) is 10.9 Å². The Hall–Kier alpha value is -1.57. The Balaban J connectivity index is 2.04. The van der Waals surface area contributed by atoms with Gasteiger partial charge in [0.05, 0.1) is 6.33 Å². The Kier molecular flexibility index (Phi) is 5.10. The van der Waals surface area contributed by atoms with Crippen LogP contribution in [0.15, 0.2) is 41.7 Å². The van der Waals surface area contributed by atoms with Crippen molar-refractivity contribution >= 4 is 27.3 Å². The van der Waals surface area contributed by atoms with Gasteiger partial charge in [0, 0.05) is 32.4 Å². The maximum atomic E-state index is 12.2. The number of hydrogen-bond donors (Lipinski definition) is 1. The molecule has 0 fully saturated rings. The lowest BCUT2D eigenvalue weighted by Crippen LogP contribution is -2.40. The molecule has 0 amide bonds. The lowest BCUT2D eigenvalue weighted by Gasteiger charge is -2.27. The van der Waals surface area contributed by atoms with Gasteiger partial charge in [-0.05, 0) is 19.1 Å². The highest BCUT2D eigenvalue weighted by Gasteiger charge is 2.23. The number of sulfonamides is 1. The van der Waals surface area contributed by atoms with Gasteiger partial charge in [-0.15, -0.1) is 0 Å². The molecular formula is C14H19ClN4O2S. The summed E-state index contributed by atoms with van der Waals surface area (Å²) in [5, 5.41) is -0.0530. The molecule has 2 aromatic rings. The molecule has 1 heterocycles. The SMILES string of the molecule is C[C@@H](CNS(=O)(=O)c1ncn(C)c1Cl)N(C)c1ccccc1. The standard InChI is InChI=1S/C14H19ClN4O2S/c1-11(19(3)12-7-5-4-6-8-12)9-17-22(20,21)14-13(15)18(2)10-16-14/h4-8,10-11,17H,9H2,1-3H3/t11-/m0/s1. The fraction of sp³-hybridized carbons (Fsp3) is 0.357. The van der Waals surface area contributed by atoms with Crippen molar-refractivity contribution in [3.63, 3.8) is 0 Å². The molecule has 1 N–H and O–H groups in total. The highest BCUT2D eigenvalue weighted by Crippen LogP contribution is 2.19. The quantitative estimate of drug-likeness (QED) is 0.870. The number of imidazole rings is 1. The number of aromatic nitrogens is 2. The fourth-order valence-electron chi connectivity index (χ4n) is 1.93. The minimum Gasteiger partial charge on any atom is -0.371 e. The van der Waals surface area contributed by atoms with E-state index in [0.717, 1.165) is 5.69 Å². The summed E-state index contributed by atoms with van der Waals surface area (Å²) in [6.45, 7) is 2.19. The number of anilines is 1. The molecule has 0 aliphatic heterocycles. The summed E-state index contributed by atoms with van der Waals surface area (Å²) in [7, 11) is -0.164. The molecule has 1 aromatic heterocycles. The third kappa shape index (κ3) is 3.60. The summed E-state index contributed by atoms with van der Waals surface area (Å²) in [6, 6.07) is 9.74. The number of benzene rings is 1. The first kappa shape index (κ1) is 16.8. The second-order valence-corrected chi connectivity index (χ2v) is 7.14. The van der Waals surface area contributed by atoms with Crippen LogP contribution in [0, 0.1) is 0 Å². The molecule has 0 saturated heterocycles. The second kappa shape index (κ2) is 6.68. The largest absolute Gasteiger partial charge is 0.371 e. The molecule has 0 aliphatic carbocycles. The molecule has 1 aromatic carbocycles. The smallest absolute Gasteiger partial charge is 0.261 e. The van der Waals surface area contributed by atoms with E-state index in [1.807, 2.05) is 49.2 Å². The molecule has 0 unspecified atom stereocenters. The third-order valence-corrected chi connectivity index (χ3v) is 5.39. The van der Waals surface area contributed by atoms with Crippen LogP contribution < -0.4 is 9.62 Å². The predicted octanol–water partition coefficient (Wildman–Crippen LogP) is 1.88. The van der Waals surface area contributed by atoms with Crippen molar-refractivity contribution in [2.45, 2.75) is 18.0 Å². The maximum Gasteiger partial charge on any atom is 0.261 e. The highest BCUT2D eigenvalue weighted by molar-refractivity contribution is 7.89. The van der Waals surface area contributed by atoms with E-state index in [2.05, 4.69) is 9.71 Å². The minimum atomic E-state index is -3.72. The lowest BCUT2D eigenvalue weighted by atomic mass is 10.2. The van der Waals surface area contributed by atoms with Crippen molar-refractivity contribution < 1.29 is 8.42 Å². The Labute approximate surface area is 135 Å². The summed E-state index contributed by atoms with van der Waals surface area (Å²) in [5.74, 6) is 0. The number of nitrogens with one attached hydrogen (secondary N) is 1. The van der Waals surface area contributed by atoms with Crippen molar-refractivity contribution in [1.82, 2.24) is 14.3 Å². The van der Waals surface area contributed by atoms with Crippen LogP contribution in [0.25, 0.3) is 0 Å². The summed E-state index contributed by atoms with van der Waals surface area (Å²) in [5.41, 5.74) is 1.02. The van der Waals surface area contributed by atoms with Crippen LogP contribution in [0.2, 0.25) is 5.15 Å². The first-order valence-electron chi connectivity index (χ1n) is 6.77. The molecule has 0 bridgehead atoms. The van der Waals surface area contributed by atoms with E-state index >= 15 is 0 Å². The van der Waals surface area contributed by atoms with Gasteiger partial charge < -0.3 is 9.47 Å². The number of hydrogen-bond acceptors (Lipinski definition) is 4. The van der Waals surface area contributed by atoms with Crippen molar-refractivity contribution in [1.29, 1.82) is 0 Å². The molecule has 6 nitrogen and oxygen atoms in total. The maximum absolute atomic E-state index is 12.2. The number of rotatable bonds is 6. The number of likely N-dealkylation sites (N-methyl/N-ethyl adjacent to an activating group) is 1. The average molecular weight is 343 g/mol. The number of nitrogens with zero attached hydrogens (tertiary/aromatic N) is 3. The van der Waals surface area contributed by atoms with Crippen LogP contribution in [0.4, 0.5) is 5.69 Å². The monoisotopic (exact) mass is 342 g/mol. The Morgan fingerprint density at radius 1 is 1.36 bits per heavy atom. The number of halogens is 1. The van der Waals surface area contributed by atoms with E-state index < -0.39 is 10.0 Å². The lowest BCUT2D eigenvalue weighted by molar-refractivity contribution is 0.567. The molecule has 0 spiro atoms. The highest BCUT2D eigenvalue weighted by atomic mass is 35.5. The zero-order chi connectivity index (χ0) is 16.3. The second-order valence-electron chi connectivity index (χ2n) is 5.10. The van der Waals surface area contributed by atoms with E-state index in [0.29, 0.717) is 0 Å². The van der Waals surface area contributed by atoms with Gasteiger partial charge in [-0.25, -0.2) is 18.1 Å². The number of aryl methyl sites for hydroxylation is 1. The average Bonchev–Trinajstić information content (AvgIpc) is 2.85. The zero-order valence-electron chi connectivity index (χ0n) is 12.7. The molecule has 0 aliphatic rings. The minimum absolute atomic E-state index is 0.0281. The van der Waals surface area contributed by atoms with Crippen LogP contribution >= 0.6 is 11.6 Å². The Morgan fingerprint density at radius 2 is 2.00 bits per heavy atom. The normalized spacial score (nSPS) is 13.1. The first-order valence-corrected chi connectivity index (χ1v) is 8.63. The third-order valence-electron chi connectivity index (χ3n) is 3.48. The topological polar surface area (TPSA) is 67.2 Å². The van der Waals surface area contributed by atoms with E-state index in [9.17, 15) is 8.42 Å². The van der Waals surface area contributed by atoms with Gasteiger partial charge in [-0.1, -0.05) is 29.8 Å². The molecule has 2 rings (SSSR count). The van der Waals surface area contributed by atoms with Crippen LogP contribution in [-0.2, 0) is 17.1 Å². The Morgan fingerprint density at radius 3 is 2.55 bits per heavy atom. The molecule has 22 heavy (non-hydrogen) atoms. The molecule has 1 atom stereocenters. The van der Waals surface area contributed by atoms with E-state index in [4.69, 9.17) is 11.6 Å². The van der Waals surface area contributed by atoms with Crippen LogP contribution in [0.3, 0.4) is 0 Å².